The molecule has 11 heteroatoms. The van der Waals surface area contributed by atoms with Crippen molar-refractivity contribution in [1.29, 1.82) is 0 Å². The lowest BCUT2D eigenvalue weighted by Gasteiger charge is -2.47. The Hall–Kier alpha value is -3.37. The number of amides is 2. The molecule has 2 rings (SSSR count). The Morgan fingerprint density at radius 2 is 1.75 bits per heavy atom. The first-order valence-corrected chi connectivity index (χ1v) is 11.4. The van der Waals surface area contributed by atoms with Crippen molar-refractivity contribution in [2.75, 3.05) is 11.9 Å². The predicted octanol–water partition coefficient (Wildman–Crippen LogP) is 6.08. The monoisotopic (exact) mass is 510 g/mol. The summed E-state index contributed by atoms with van der Waals surface area (Å²) in [5, 5.41) is 12.4. The van der Waals surface area contributed by atoms with Gasteiger partial charge in [-0.3, -0.25) is 9.69 Å². The summed E-state index contributed by atoms with van der Waals surface area (Å²) >= 11 is 0. The SMILES string of the molecule is CC(=O)Nc1cc(-c2ccc(OCC(C)(CC(C)C)N(C(=O)O)C(C)(C)C)c(C(F)(F)F)c2)ncn1. The van der Waals surface area contributed by atoms with E-state index in [1.54, 1.807) is 27.7 Å². The second-order valence-corrected chi connectivity index (χ2v) is 10.4. The third-order valence-electron chi connectivity index (χ3n) is 5.34. The van der Waals surface area contributed by atoms with Crippen LogP contribution in [0.4, 0.5) is 23.8 Å². The topological polar surface area (TPSA) is 105 Å². The Labute approximate surface area is 208 Å². The summed E-state index contributed by atoms with van der Waals surface area (Å²) < 4.78 is 47.8. The molecule has 1 heterocycles. The molecule has 0 bridgehead atoms. The number of carboxylic acid groups (broad SMARTS) is 1. The smallest absolute Gasteiger partial charge is 0.419 e. The van der Waals surface area contributed by atoms with Crippen molar-refractivity contribution in [2.45, 2.75) is 72.1 Å². The average Bonchev–Trinajstić information content (AvgIpc) is 2.69. The van der Waals surface area contributed by atoms with Crippen LogP contribution in [0.2, 0.25) is 0 Å². The molecule has 1 aromatic carbocycles. The number of nitrogens with zero attached hydrogens (tertiary/aromatic N) is 3. The third kappa shape index (κ3) is 7.32. The number of rotatable bonds is 8. The number of carbonyl (C=O) groups is 2. The van der Waals surface area contributed by atoms with Crippen LogP contribution < -0.4 is 10.1 Å². The van der Waals surface area contributed by atoms with Crippen LogP contribution in [0, 0.1) is 5.92 Å². The number of hydrogen-bond donors (Lipinski definition) is 2. The van der Waals surface area contributed by atoms with Gasteiger partial charge in [0.05, 0.1) is 16.8 Å². The van der Waals surface area contributed by atoms with Crippen LogP contribution in [0.1, 0.15) is 60.5 Å². The van der Waals surface area contributed by atoms with Gasteiger partial charge < -0.3 is 15.2 Å². The zero-order valence-electron chi connectivity index (χ0n) is 21.5. The minimum atomic E-state index is -4.75. The zero-order chi connectivity index (χ0) is 27.5. The van der Waals surface area contributed by atoms with Crippen molar-refractivity contribution in [3.05, 3.63) is 36.2 Å². The van der Waals surface area contributed by atoms with E-state index < -0.39 is 34.7 Å². The highest BCUT2D eigenvalue weighted by Gasteiger charge is 2.44. The largest absolute Gasteiger partial charge is 0.491 e. The lowest BCUT2D eigenvalue weighted by molar-refractivity contribution is -0.139. The normalized spacial score (nSPS) is 13.8. The van der Waals surface area contributed by atoms with Gasteiger partial charge in [-0.25, -0.2) is 14.8 Å². The van der Waals surface area contributed by atoms with Gasteiger partial charge >= 0.3 is 12.3 Å². The van der Waals surface area contributed by atoms with E-state index in [0.717, 1.165) is 12.4 Å². The van der Waals surface area contributed by atoms with Gasteiger partial charge in [-0.2, -0.15) is 13.2 Å². The van der Waals surface area contributed by atoms with Crippen LogP contribution in [0.3, 0.4) is 0 Å². The van der Waals surface area contributed by atoms with E-state index in [1.807, 2.05) is 13.8 Å². The van der Waals surface area contributed by atoms with Crippen LogP contribution in [0.25, 0.3) is 11.3 Å². The summed E-state index contributed by atoms with van der Waals surface area (Å²) in [6.07, 6.45) is -4.41. The van der Waals surface area contributed by atoms with Gasteiger partial charge in [0.1, 0.15) is 24.5 Å². The van der Waals surface area contributed by atoms with Crippen molar-refractivity contribution in [1.82, 2.24) is 14.9 Å². The molecule has 198 valence electrons. The third-order valence-corrected chi connectivity index (χ3v) is 5.34. The van der Waals surface area contributed by atoms with Crippen molar-refractivity contribution in [3.63, 3.8) is 0 Å². The van der Waals surface area contributed by atoms with Crippen LogP contribution in [-0.4, -0.2) is 49.7 Å². The molecule has 1 aromatic heterocycles. The zero-order valence-corrected chi connectivity index (χ0v) is 21.5. The molecule has 2 aromatic rings. The second-order valence-electron chi connectivity index (χ2n) is 10.4. The number of halogens is 3. The van der Waals surface area contributed by atoms with E-state index >= 15 is 0 Å². The van der Waals surface area contributed by atoms with E-state index in [9.17, 15) is 27.9 Å². The van der Waals surface area contributed by atoms with Crippen LogP contribution in [-0.2, 0) is 11.0 Å². The fraction of sp³-hybridized carbons (Fsp3) is 0.520. The van der Waals surface area contributed by atoms with Gasteiger partial charge in [0, 0.05) is 24.1 Å². The number of ether oxygens (including phenoxy) is 1. The number of hydrogen-bond acceptors (Lipinski definition) is 5. The first-order chi connectivity index (χ1) is 16.4. The van der Waals surface area contributed by atoms with Gasteiger partial charge in [0.2, 0.25) is 5.91 Å². The van der Waals surface area contributed by atoms with Crippen LogP contribution >= 0.6 is 0 Å². The fourth-order valence-electron chi connectivity index (χ4n) is 4.46. The van der Waals surface area contributed by atoms with Crippen molar-refractivity contribution in [2.24, 2.45) is 5.92 Å². The molecule has 0 fully saturated rings. The van der Waals surface area contributed by atoms with Gasteiger partial charge in [0.15, 0.2) is 0 Å². The molecule has 1 unspecified atom stereocenters. The highest BCUT2D eigenvalue weighted by atomic mass is 19.4. The molecule has 2 amide bonds. The number of benzene rings is 1. The molecular formula is C25H33F3N4O4. The first-order valence-electron chi connectivity index (χ1n) is 11.4. The Kier molecular flexibility index (Phi) is 8.59. The predicted molar refractivity (Wildman–Crippen MR) is 130 cm³/mol. The summed E-state index contributed by atoms with van der Waals surface area (Å²) in [4.78, 5) is 32.6. The molecule has 36 heavy (non-hydrogen) atoms. The summed E-state index contributed by atoms with van der Waals surface area (Å²) in [6, 6.07) is 4.89. The molecule has 2 N–H and O–H groups in total. The Balaban J connectivity index is 2.48. The van der Waals surface area contributed by atoms with E-state index in [2.05, 4.69) is 15.3 Å². The minimum absolute atomic E-state index is 0.0582. The van der Waals surface area contributed by atoms with Crippen LogP contribution in [0.5, 0.6) is 5.75 Å². The first kappa shape index (κ1) is 28.9. The van der Waals surface area contributed by atoms with Crippen molar-refractivity contribution < 1.29 is 32.6 Å². The van der Waals surface area contributed by atoms with E-state index in [4.69, 9.17) is 4.74 Å². The molecule has 0 aliphatic rings. The van der Waals surface area contributed by atoms with Crippen molar-refractivity contribution >= 4 is 17.8 Å². The number of carbonyl (C=O) groups excluding carboxylic acids is 1. The summed E-state index contributed by atoms with van der Waals surface area (Å²) in [5.74, 6) is -0.587. The molecule has 8 nitrogen and oxygen atoms in total. The van der Waals surface area contributed by atoms with Crippen LogP contribution in [0.15, 0.2) is 30.6 Å². The van der Waals surface area contributed by atoms with E-state index in [-0.39, 0.29) is 35.5 Å². The lowest BCUT2D eigenvalue weighted by atomic mass is 9.86. The van der Waals surface area contributed by atoms with E-state index in [0.29, 0.717) is 6.42 Å². The molecule has 0 radical (unpaired) electrons. The number of aromatic nitrogens is 2. The Bertz CT molecular complexity index is 1100. The minimum Gasteiger partial charge on any atom is -0.491 e. The molecule has 0 spiro atoms. The molecular weight excluding hydrogens is 477 g/mol. The van der Waals surface area contributed by atoms with Crippen molar-refractivity contribution in [3.8, 4) is 17.0 Å². The molecule has 0 aliphatic heterocycles. The average molecular weight is 511 g/mol. The van der Waals surface area contributed by atoms with E-state index in [1.165, 1.54) is 30.0 Å². The molecule has 0 aliphatic carbocycles. The number of alkyl halides is 3. The summed E-state index contributed by atoms with van der Waals surface area (Å²) in [5.41, 5.74) is -2.60. The van der Waals surface area contributed by atoms with Gasteiger partial charge in [-0.05, 0) is 58.2 Å². The van der Waals surface area contributed by atoms with Gasteiger partial charge in [0.25, 0.3) is 0 Å². The Morgan fingerprint density at radius 1 is 1.11 bits per heavy atom. The maximum absolute atomic E-state index is 14.0. The highest BCUT2D eigenvalue weighted by molar-refractivity contribution is 5.88. The fourth-order valence-corrected chi connectivity index (χ4v) is 4.46. The van der Waals surface area contributed by atoms with Gasteiger partial charge in [-0.1, -0.05) is 13.8 Å². The molecule has 1 atom stereocenters. The molecule has 0 saturated carbocycles. The number of anilines is 1. The lowest BCUT2D eigenvalue weighted by Crippen LogP contribution is -2.61. The Morgan fingerprint density at radius 3 is 2.25 bits per heavy atom. The maximum Gasteiger partial charge on any atom is 0.419 e. The quantitative estimate of drug-likeness (QED) is 0.446. The molecule has 0 saturated heterocycles. The highest BCUT2D eigenvalue weighted by Crippen LogP contribution is 2.40. The standard InChI is InChI=1S/C25H33F3N4O4/c1-15(2)12-24(7,32(22(34)35)23(4,5)6)13-36-20-9-8-17(10-18(20)25(26,27)28)19-11-21(30-14-29-19)31-16(3)33/h8-11,14-15H,12-13H2,1-7H3,(H,34,35)(H,29,30,31,33). The summed E-state index contributed by atoms with van der Waals surface area (Å²) in [7, 11) is 0. The summed E-state index contributed by atoms with van der Waals surface area (Å²) in [6.45, 7) is 11.7. The van der Waals surface area contributed by atoms with Gasteiger partial charge in [-0.15, -0.1) is 0 Å². The second kappa shape index (κ2) is 10.7. The maximum atomic E-state index is 14.0. The number of nitrogens with one attached hydrogen (secondary N) is 1.